The number of para-hydroxylation sites is 1. The smallest absolute Gasteiger partial charge is 0.0403 e. The Morgan fingerprint density at radius 2 is 1.79 bits per heavy atom. The number of allylic oxidation sites excluding steroid dienone is 4. The highest BCUT2D eigenvalue weighted by atomic mass is 15.1. The van der Waals surface area contributed by atoms with Gasteiger partial charge in [0.05, 0.1) is 0 Å². The van der Waals surface area contributed by atoms with E-state index in [1.807, 2.05) is 49.7 Å². The van der Waals surface area contributed by atoms with Gasteiger partial charge in [0.2, 0.25) is 0 Å². The molecule has 14 heavy (non-hydrogen) atoms. The van der Waals surface area contributed by atoms with E-state index < -0.39 is 0 Å². The van der Waals surface area contributed by atoms with Crippen LogP contribution in [0.3, 0.4) is 0 Å². The number of nitrogens with zero attached hydrogens (tertiary/aromatic N) is 1. The molecule has 1 rings (SSSR count). The van der Waals surface area contributed by atoms with Crippen LogP contribution in [0.4, 0.5) is 5.69 Å². The molecule has 1 aromatic rings. The van der Waals surface area contributed by atoms with Gasteiger partial charge in [-0.15, -0.1) is 0 Å². The van der Waals surface area contributed by atoms with Crippen LogP contribution in [0.15, 0.2) is 67.4 Å². The van der Waals surface area contributed by atoms with E-state index in [9.17, 15) is 0 Å². The monoisotopic (exact) mass is 185 g/mol. The maximum Gasteiger partial charge on any atom is 0.0403 e. The minimum atomic E-state index is 1.18. The van der Waals surface area contributed by atoms with Crippen molar-refractivity contribution in [1.82, 2.24) is 0 Å². The number of hydrogen-bond donors (Lipinski definition) is 0. The summed E-state index contributed by atoms with van der Waals surface area (Å²) in [6, 6.07) is 10.2. The zero-order chi connectivity index (χ0) is 10.2. The molecule has 0 N–H and O–H groups in total. The summed E-state index contributed by atoms with van der Waals surface area (Å²) in [6.45, 7) is 3.60. The molecule has 0 fully saturated rings. The van der Waals surface area contributed by atoms with Crippen LogP contribution >= 0.6 is 0 Å². The van der Waals surface area contributed by atoms with E-state index in [-0.39, 0.29) is 0 Å². The summed E-state index contributed by atoms with van der Waals surface area (Å²) in [4.78, 5) is 2.06. The second kappa shape index (κ2) is 5.81. The second-order valence-electron chi connectivity index (χ2n) is 2.91. The highest BCUT2D eigenvalue weighted by Gasteiger charge is 1.91. The zero-order valence-electron chi connectivity index (χ0n) is 8.43. The minimum Gasteiger partial charge on any atom is -0.351 e. The van der Waals surface area contributed by atoms with Crippen LogP contribution in [-0.2, 0) is 0 Å². The topological polar surface area (TPSA) is 3.24 Å². The lowest BCUT2D eigenvalue weighted by Crippen LogP contribution is -2.06. The SMILES string of the molecule is C=C/C=C/C=C/N(C)c1ccccc1. The molecular weight excluding hydrogens is 170 g/mol. The maximum atomic E-state index is 3.60. The van der Waals surface area contributed by atoms with E-state index in [4.69, 9.17) is 0 Å². The predicted molar refractivity (Wildman–Crippen MR) is 63.3 cm³/mol. The van der Waals surface area contributed by atoms with E-state index in [0.717, 1.165) is 0 Å². The normalized spacial score (nSPS) is 10.9. The third kappa shape index (κ3) is 3.31. The van der Waals surface area contributed by atoms with Gasteiger partial charge in [-0.25, -0.2) is 0 Å². The van der Waals surface area contributed by atoms with Gasteiger partial charge in [-0.3, -0.25) is 0 Å². The molecule has 1 nitrogen and oxygen atoms in total. The molecule has 0 spiro atoms. The Kier molecular flexibility index (Phi) is 4.29. The zero-order valence-corrected chi connectivity index (χ0v) is 8.43. The van der Waals surface area contributed by atoms with Crippen molar-refractivity contribution >= 4 is 5.69 Å². The molecule has 0 radical (unpaired) electrons. The summed E-state index contributed by atoms with van der Waals surface area (Å²) in [5.74, 6) is 0. The molecule has 0 aliphatic heterocycles. The van der Waals surface area contributed by atoms with Crippen molar-refractivity contribution in [2.75, 3.05) is 11.9 Å². The molecule has 0 aromatic heterocycles. The van der Waals surface area contributed by atoms with Crippen molar-refractivity contribution in [3.05, 3.63) is 67.4 Å². The molecule has 0 heterocycles. The lowest BCUT2D eigenvalue weighted by atomic mass is 10.3. The van der Waals surface area contributed by atoms with Crippen molar-refractivity contribution in [2.24, 2.45) is 0 Å². The summed E-state index contributed by atoms with van der Waals surface area (Å²) in [5.41, 5.74) is 1.18. The lowest BCUT2D eigenvalue weighted by Gasteiger charge is -2.12. The van der Waals surface area contributed by atoms with Crippen LogP contribution in [0, 0.1) is 0 Å². The Morgan fingerprint density at radius 1 is 1.07 bits per heavy atom. The average Bonchev–Trinajstić information content (AvgIpc) is 2.25. The quantitative estimate of drug-likeness (QED) is 0.650. The fourth-order valence-electron chi connectivity index (χ4n) is 1.07. The molecule has 0 aliphatic rings. The molecule has 72 valence electrons. The van der Waals surface area contributed by atoms with Crippen LogP contribution in [0.1, 0.15) is 0 Å². The molecule has 0 bridgehead atoms. The van der Waals surface area contributed by atoms with E-state index in [1.54, 1.807) is 6.08 Å². The maximum absolute atomic E-state index is 3.60. The summed E-state index contributed by atoms with van der Waals surface area (Å²) >= 11 is 0. The number of anilines is 1. The molecule has 1 heteroatoms. The summed E-state index contributed by atoms with van der Waals surface area (Å²) in [7, 11) is 2.02. The molecule has 1 aromatic carbocycles. The highest BCUT2D eigenvalue weighted by Crippen LogP contribution is 2.10. The molecule has 0 unspecified atom stereocenters. The van der Waals surface area contributed by atoms with Gasteiger partial charge in [0, 0.05) is 18.9 Å². The van der Waals surface area contributed by atoms with Crippen molar-refractivity contribution in [3.8, 4) is 0 Å². The number of rotatable bonds is 4. The first kappa shape index (κ1) is 10.3. The average molecular weight is 185 g/mol. The van der Waals surface area contributed by atoms with Gasteiger partial charge in [0.1, 0.15) is 0 Å². The van der Waals surface area contributed by atoms with Crippen LogP contribution in [0.25, 0.3) is 0 Å². The second-order valence-corrected chi connectivity index (χ2v) is 2.91. The predicted octanol–water partition coefficient (Wildman–Crippen LogP) is 3.38. The van der Waals surface area contributed by atoms with Crippen molar-refractivity contribution in [3.63, 3.8) is 0 Å². The Bertz CT molecular complexity index is 322. The minimum absolute atomic E-state index is 1.18. The van der Waals surface area contributed by atoms with Crippen molar-refractivity contribution in [2.45, 2.75) is 0 Å². The van der Waals surface area contributed by atoms with Gasteiger partial charge < -0.3 is 4.90 Å². The summed E-state index contributed by atoms with van der Waals surface area (Å²) < 4.78 is 0. The molecule has 0 atom stereocenters. The van der Waals surface area contributed by atoms with Crippen LogP contribution in [-0.4, -0.2) is 7.05 Å². The van der Waals surface area contributed by atoms with Gasteiger partial charge in [-0.05, 0) is 18.2 Å². The molecule has 0 amide bonds. The largest absolute Gasteiger partial charge is 0.351 e. The van der Waals surface area contributed by atoms with E-state index in [1.165, 1.54) is 5.69 Å². The Balaban J connectivity index is 2.58. The van der Waals surface area contributed by atoms with Gasteiger partial charge in [-0.2, -0.15) is 0 Å². The van der Waals surface area contributed by atoms with Crippen molar-refractivity contribution < 1.29 is 0 Å². The van der Waals surface area contributed by atoms with Gasteiger partial charge in [0.15, 0.2) is 0 Å². The standard InChI is InChI=1S/C13H15N/c1-3-4-5-9-12-14(2)13-10-7-6-8-11-13/h3-12H,1H2,2H3/b5-4+,12-9+. The van der Waals surface area contributed by atoms with Crippen LogP contribution in [0.5, 0.6) is 0 Å². The van der Waals surface area contributed by atoms with Gasteiger partial charge in [0.25, 0.3) is 0 Å². The van der Waals surface area contributed by atoms with Crippen LogP contribution in [0.2, 0.25) is 0 Å². The molecule has 0 saturated carbocycles. The fraction of sp³-hybridized carbons (Fsp3) is 0.0769. The van der Waals surface area contributed by atoms with Crippen molar-refractivity contribution in [1.29, 1.82) is 0 Å². The third-order valence-electron chi connectivity index (χ3n) is 1.83. The fourth-order valence-corrected chi connectivity index (χ4v) is 1.07. The Labute approximate surface area is 85.7 Å². The first-order chi connectivity index (χ1) is 6.84. The van der Waals surface area contributed by atoms with E-state index in [0.29, 0.717) is 0 Å². The first-order valence-corrected chi connectivity index (χ1v) is 4.58. The summed E-state index contributed by atoms with van der Waals surface area (Å²) in [5, 5.41) is 0. The summed E-state index contributed by atoms with van der Waals surface area (Å²) in [6.07, 6.45) is 9.60. The van der Waals surface area contributed by atoms with Crippen LogP contribution < -0.4 is 4.90 Å². The molecular formula is C13H15N. The Hall–Kier alpha value is -1.76. The first-order valence-electron chi connectivity index (χ1n) is 4.58. The Morgan fingerprint density at radius 3 is 2.43 bits per heavy atom. The molecule has 0 saturated heterocycles. The molecule has 0 aliphatic carbocycles. The number of hydrogen-bond acceptors (Lipinski definition) is 1. The van der Waals surface area contributed by atoms with E-state index >= 15 is 0 Å². The number of benzene rings is 1. The lowest BCUT2D eigenvalue weighted by molar-refractivity contribution is 1.20. The highest BCUT2D eigenvalue weighted by molar-refractivity contribution is 5.48. The van der Waals surface area contributed by atoms with Gasteiger partial charge >= 0.3 is 0 Å². The third-order valence-corrected chi connectivity index (χ3v) is 1.83. The van der Waals surface area contributed by atoms with Gasteiger partial charge in [-0.1, -0.05) is 43.0 Å². The van der Waals surface area contributed by atoms with E-state index in [2.05, 4.69) is 23.6 Å².